The van der Waals surface area contributed by atoms with Gasteiger partial charge in [-0.25, -0.2) is 4.39 Å². The number of nitrogens with two attached hydrogens (primary N) is 1. The summed E-state index contributed by atoms with van der Waals surface area (Å²) in [5.41, 5.74) is 6.50. The van der Waals surface area contributed by atoms with Gasteiger partial charge in [0, 0.05) is 13.3 Å². The number of carbonyl (C=O) groups is 3. The third-order valence-corrected chi connectivity index (χ3v) is 3.24. The number of hydrogen-bond acceptors (Lipinski definition) is 3. The number of benzene rings is 1. The van der Waals surface area contributed by atoms with Crippen LogP contribution in [0.4, 0.5) is 4.39 Å². The van der Waals surface area contributed by atoms with E-state index in [0.717, 1.165) is 0 Å². The van der Waals surface area contributed by atoms with Gasteiger partial charge in [0.1, 0.15) is 17.9 Å². The average Bonchev–Trinajstić information content (AvgIpc) is 2.44. The summed E-state index contributed by atoms with van der Waals surface area (Å²) >= 11 is 0. The Morgan fingerprint density at radius 3 is 2.38 bits per heavy atom. The Hall–Kier alpha value is -2.70. The zero-order chi connectivity index (χ0) is 18.3. The monoisotopic (exact) mass is 335 g/mol. The summed E-state index contributed by atoms with van der Waals surface area (Å²) in [4.78, 5) is 35.2. The summed E-state index contributed by atoms with van der Waals surface area (Å²) in [6.45, 7) is 6.66. The third-order valence-electron chi connectivity index (χ3n) is 3.24. The molecule has 7 heteroatoms. The van der Waals surface area contributed by atoms with Gasteiger partial charge in [0.05, 0.1) is 0 Å². The van der Waals surface area contributed by atoms with Crippen LogP contribution in [0.15, 0.2) is 36.4 Å². The second-order valence-electron chi connectivity index (χ2n) is 5.71. The molecular formula is C17H22FN3O3. The molecule has 24 heavy (non-hydrogen) atoms. The molecule has 0 bridgehead atoms. The summed E-state index contributed by atoms with van der Waals surface area (Å²) < 4.78 is 13.3. The van der Waals surface area contributed by atoms with Crippen molar-refractivity contribution in [2.24, 2.45) is 5.73 Å². The van der Waals surface area contributed by atoms with Gasteiger partial charge >= 0.3 is 0 Å². The number of hydrogen-bond donors (Lipinski definition) is 3. The van der Waals surface area contributed by atoms with Crippen LogP contribution in [0.25, 0.3) is 0 Å². The molecule has 0 aromatic heterocycles. The fourth-order valence-corrected chi connectivity index (χ4v) is 2.20. The zero-order valence-electron chi connectivity index (χ0n) is 13.8. The van der Waals surface area contributed by atoms with E-state index in [1.165, 1.54) is 25.1 Å². The van der Waals surface area contributed by atoms with E-state index in [1.54, 1.807) is 13.0 Å². The quantitative estimate of drug-likeness (QED) is 0.613. The van der Waals surface area contributed by atoms with Crippen molar-refractivity contribution in [3.63, 3.8) is 0 Å². The highest BCUT2D eigenvalue weighted by Gasteiger charge is 2.25. The van der Waals surface area contributed by atoms with Gasteiger partial charge < -0.3 is 16.4 Å². The average molecular weight is 335 g/mol. The van der Waals surface area contributed by atoms with Gasteiger partial charge in [0.25, 0.3) is 0 Å². The van der Waals surface area contributed by atoms with Gasteiger partial charge in [-0.2, -0.15) is 0 Å². The number of carbonyl (C=O) groups excluding carboxylic acids is 3. The van der Waals surface area contributed by atoms with Crippen LogP contribution in [0, 0.1) is 5.82 Å². The van der Waals surface area contributed by atoms with Crippen LogP contribution in [-0.2, 0) is 20.8 Å². The largest absolute Gasteiger partial charge is 0.368 e. The van der Waals surface area contributed by atoms with Crippen molar-refractivity contribution in [2.45, 2.75) is 38.8 Å². The van der Waals surface area contributed by atoms with Crippen LogP contribution in [-0.4, -0.2) is 29.8 Å². The number of halogens is 1. The van der Waals surface area contributed by atoms with E-state index in [-0.39, 0.29) is 12.8 Å². The van der Waals surface area contributed by atoms with Crippen LogP contribution >= 0.6 is 0 Å². The maximum atomic E-state index is 13.3. The smallest absolute Gasteiger partial charge is 0.243 e. The molecule has 0 aliphatic carbocycles. The number of rotatable bonds is 8. The molecule has 0 spiro atoms. The standard InChI is InChI=1S/C17H22FN3O3/c1-10(2)7-14(16(19)23)21-17(24)15(20-11(3)22)9-12-5-4-6-13(18)8-12/h4-6,8,14-15H,1,7,9H2,2-3H3,(H2,19,23)(H,20,22)(H,21,24)/t14-,15-/m0/s1. The lowest BCUT2D eigenvalue weighted by molar-refractivity contribution is -0.130. The van der Waals surface area contributed by atoms with Gasteiger partial charge in [-0.15, -0.1) is 6.58 Å². The van der Waals surface area contributed by atoms with Crippen LogP contribution in [0.1, 0.15) is 25.8 Å². The number of primary amides is 1. The predicted octanol–water partition coefficient (Wildman–Crippen LogP) is 0.809. The normalized spacial score (nSPS) is 12.8. The zero-order valence-corrected chi connectivity index (χ0v) is 13.8. The van der Waals surface area contributed by atoms with E-state index in [0.29, 0.717) is 11.1 Å². The predicted molar refractivity (Wildman–Crippen MR) is 88.3 cm³/mol. The molecule has 0 unspecified atom stereocenters. The minimum absolute atomic E-state index is 0.0850. The van der Waals surface area contributed by atoms with Gasteiger partial charge in [-0.3, -0.25) is 14.4 Å². The molecule has 1 aromatic carbocycles. The van der Waals surface area contributed by atoms with E-state index in [1.807, 2.05) is 0 Å². The molecule has 1 aromatic rings. The molecule has 0 radical (unpaired) electrons. The second-order valence-corrected chi connectivity index (χ2v) is 5.71. The van der Waals surface area contributed by atoms with Gasteiger partial charge in [-0.05, 0) is 31.0 Å². The Labute approximate surface area is 140 Å². The molecule has 0 aliphatic rings. The molecular weight excluding hydrogens is 313 g/mol. The maximum Gasteiger partial charge on any atom is 0.243 e. The highest BCUT2D eigenvalue weighted by atomic mass is 19.1. The maximum absolute atomic E-state index is 13.3. The molecule has 4 N–H and O–H groups in total. The fourth-order valence-electron chi connectivity index (χ4n) is 2.20. The van der Waals surface area contributed by atoms with E-state index < -0.39 is 35.6 Å². The Balaban J connectivity index is 2.89. The summed E-state index contributed by atoms with van der Waals surface area (Å²) in [6.07, 6.45) is 0.287. The van der Waals surface area contributed by atoms with E-state index in [2.05, 4.69) is 17.2 Å². The van der Waals surface area contributed by atoms with Crippen molar-refractivity contribution in [3.8, 4) is 0 Å². The van der Waals surface area contributed by atoms with Crippen LogP contribution in [0.3, 0.4) is 0 Å². The molecule has 0 saturated heterocycles. The van der Waals surface area contributed by atoms with Crippen molar-refractivity contribution in [3.05, 3.63) is 47.8 Å². The lowest BCUT2D eigenvalue weighted by Gasteiger charge is -2.21. The molecule has 0 aliphatic heterocycles. The van der Waals surface area contributed by atoms with E-state index >= 15 is 0 Å². The summed E-state index contributed by atoms with van der Waals surface area (Å²) in [5, 5.41) is 5.00. The van der Waals surface area contributed by atoms with Crippen molar-refractivity contribution in [2.75, 3.05) is 0 Å². The van der Waals surface area contributed by atoms with Gasteiger partial charge in [0.2, 0.25) is 17.7 Å². The Morgan fingerprint density at radius 1 is 1.21 bits per heavy atom. The van der Waals surface area contributed by atoms with Crippen LogP contribution in [0.5, 0.6) is 0 Å². The third kappa shape index (κ3) is 6.60. The number of amides is 3. The van der Waals surface area contributed by atoms with E-state index in [9.17, 15) is 18.8 Å². The SMILES string of the molecule is C=C(C)C[C@H](NC(=O)[C@H](Cc1cccc(F)c1)NC(C)=O)C(N)=O. The van der Waals surface area contributed by atoms with Crippen LogP contribution < -0.4 is 16.4 Å². The molecule has 3 amide bonds. The Morgan fingerprint density at radius 2 is 1.88 bits per heavy atom. The first kappa shape index (κ1) is 19.3. The van der Waals surface area contributed by atoms with E-state index in [4.69, 9.17) is 5.73 Å². The van der Waals surface area contributed by atoms with Crippen molar-refractivity contribution >= 4 is 17.7 Å². The minimum atomic E-state index is -0.948. The summed E-state index contributed by atoms with van der Waals surface area (Å²) in [6, 6.07) is 3.86. The molecule has 1 rings (SSSR count). The molecule has 0 saturated carbocycles. The lowest BCUT2D eigenvalue weighted by atomic mass is 10.0. The summed E-state index contributed by atoms with van der Waals surface area (Å²) in [7, 11) is 0. The molecule has 0 fully saturated rings. The second kappa shape index (κ2) is 8.81. The highest BCUT2D eigenvalue weighted by molar-refractivity contribution is 5.91. The number of nitrogens with one attached hydrogen (secondary N) is 2. The van der Waals surface area contributed by atoms with Crippen molar-refractivity contribution in [1.82, 2.24) is 10.6 Å². The first-order chi connectivity index (χ1) is 11.2. The van der Waals surface area contributed by atoms with Crippen LogP contribution in [0.2, 0.25) is 0 Å². The Bertz CT molecular complexity index is 646. The fraction of sp³-hybridized carbons (Fsp3) is 0.353. The Kier molecular flexibility index (Phi) is 7.10. The first-order valence-corrected chi connectivity index (χ1v) is 7.44. The first-order valence-electron chi connectivity index (χ1n) is 7.44. The highest BCUT2D eigenvalue weighted by Crippen LogP contribution is 2.08. The lowest BCUT2D eigenvalue weighted by Crippen LogP contribution is -2.53. The molecule has 0 heterocycles. The molecule has 2 atom stereocenters. The minimum Gasteiger partial charge on any atom is -0.368 e. The van der Waals surface area contributed by atoms with Gasteiger partial charge in [-0.1, -0.05) is 17.7 Å². The summed E-state index contributed by atoms with van der Waals surface area (Å²) in [5.74, 6) is -2.12. The molecule has 6 nitrogen and oxygen atoms in total. The van der Waals surface area contributed by atoms with Gasteiger partial charge in [0.15, 0.2) is 0 Å². The molecule has 130 valence electrons. The van der Waals surface area contributed by atoms with Crippen molar-refractivity contribution < 1.29 is 18.8 Å². The van der Waals surface area contributed by atoms with Crippen molar-refractivity contribution in [1.29, 1.82) is 0 Å². The topological polar surface area (TPSA) is 101 Å².